The second kappa shape index (κ2) is 7.31. The standard InChI is InChI=1S/C20H15NO4/c22-13-14-3-1-2-4-19(14)20(24)21-15-5-9-17(10-6-15)25-18-11-7-16(23)8-12-18/h1-13,23H,(H,21,24). The summed E-state index contributed by atoms with van der Waals surface area (Å²) in [5.41, 5.74) is 1.25. The summed E-state index contributed by atoms with van der Waals surface area (Å²) in [6.07, 6.45) is 0.656. The van der Waals surface area contributed by atoms with Crippen LogP contribution in [0.25, 0.3) is 0 Å². The van der Waals surface area contributed by atoms with Gasteiger partial charge in [-0.05, 0) is 54.6 Å². The van der Waals surface area contributed by atoms with Crippen LogP contribution >= 0.6 is 0 Å². The maximum Gasteiger partial charge on any atom is 0.256 e. The molecule has 0 unspecified atom stereocenters. The Kier molecular flexibility index (Phi) is 4.76. The first-order valence-electron chi connectivity index (χ1n) is 7.58. The number of phenols is 1. The minimum absolute atomic E-state index is 0.168. The predicted molar refractivity (Wildman–Crippen MR) is 94.4 cm³/mol. The van der Waals surface area contributed by atoms with Crippen LogP contribution < -0.4 is 10.1 Å². The number of benzene rings is 3. The van der Waals surface area contributed by atoms with Gasteiger partial charge in [0, 0.05) is 11.3 Å². The number of phenolic OH excluding ortho intramolecular Hbond substituents is 1. The first kappa shape index (κ1) is 16.3. The van der Waals surface area contributed by atoms with Gasteiger partial charge < -0.3 is 15.2 Å². The molecule has 5 nitrogen and oxygen atoms in total. The molecule has 1 amide bonds. The van der Waals surface area contributed by atoms with Crippen molar-refractivity contribution in [1.82, 2.24) is 0 Å². The van der Waals surface area contributed by atoms with Crippen molar-refractivity contribution >= 4 is 17.9 Å². The highest BCUT2D eigenvalue weighted by atomic mass is 16.5. The van der Waals surface area contributed by atoms with Crippen LogP contribution in [0, 0.1) is 0 Å². The molecule has 0 aromatic heterocycles. The molecule has 2 N–H and O–H groups in total. The summed E-state index contributed by atoms with van der Waals surface area (Å²) >= 11 is 0. The van der Waals surface area contributed by atoms with E-state index in [1.165, 1.54) is 12.1 Å². The molecule has 0 fully saturated rings. The van der Waals surface area contributed by atoms with Gasteiger partial charge in [-0.25, -0.2) is 0 Å². The number of nitrogens with one attached hydrogen (secondary N) is 1. The second-order valence-corrected chi connectivity index (χ2v) is 5.28. The highest BCUT2D eigenvalue weighted by Gasteiger charge is 2.10. The fraction of sp³-hybridized carbons (Fsp3) is 0. The molecule has 0 heterocycles. The Morgan fingerprint density at radius 1 is 0.880 bits per heavy atom. The highest BCUT2D eigenvalue weighted by molar-refractivity contribution is 6.08. The van der Waals surface area contributed by atoms with Crippen LogP contribution in [0.15, 0.2) is 72.8 Å². The van der Waals surface area contributed by atoms with E-state index in [1.54, 1.807) is 60.7 Å². The number of rotatable bonds is 5. The van der Waals surface area contributed by atoms with Crippen molar-refractivity contribution in [3.63, 3.8) is 0 Å². The largest absolute Gasteiger partial charge is 0.508 e. The molecule has 0 spiro atoms. The van der Waals surface area contributed by atoms with E-state index in [0.29, 0.717) is 34.6 Å². The summed E-state index contributed by atoms with van der Waals surface area (Å²) in [7, 11) is 0. The van der Waals surface area contributed by atoms with Gasteiger partial charge in [0.2, 0.25) is 0 Å². The summed E-state index contributed by atoms with van der Waals surface area (Å²) in [4.78, 5) is 23.3. The fourth-order valence-electron chi connectivity index (χ4n) is 2.26. The lowest BCUT2D eigenvalue weighted by Gasteiger charge is -2.09. The van der Waals surface area contributed by atoms with Gasteiger partial charge in [-0.2, -0.15) is 0 Å². The Bertz CT molecular complexity index is 886. The zero-order chi connectivity index (χ0) is 17.6. The lowest BCUT2D eigenvalue weighted by molar-refractivity contribution is 0.101. The molecule has 3 aromatic rings. The Balaban J connectivity index is 1.69. The molecule has 3 aromatic carbocycles. The molecule has 0 saturated carbocycles. The smallest absolute Gasteiger partial charge is 0.256 e. The summed E-state index contributed by atoms with van der Waals surface area (Å²) < 4.78 is 5.64. The minimum atomic E-state index is -0.352. The van der Waals surface area contributed by atoms with E-state index in [4.69, 9.17) is 4.74 Å². The maximum absolute atomic E-state index is 12.3. The van der Waals surface area contributed by atoms with Crippen LogP contribution in [0.2, 0.25) is 0 Å². The summed E-state index contributed by atoms with van der Waals surface area (Å²) in [6.45, 7) is 0. The van der Waals surface area contributed by atoms with Crippen molar-refractivity contribution in [2.24, 2.45) is 0 Å². The molecule has 3 rings (SSSR count). The van der Waals surface area contributed by atoms with Crippen LogP contribution in [0.1, 0.15) is 20.7 Å². The normalized spacial score (nSPS) is 10.1. The van der Waals surface area contributed by atoms with Crippen LogP contribution in [-0.2, 0) is 0 Å². The van der Waals surface area contributed by atoms with Gasteiger partial charge in [-0.15, -0.1) is 0 Å². The van der Waals surface area contributed by atoms with Crippen molar-refractivity contribution in [2.75, 3.05) is 5.32 Å². The predicted octanol–water partition coefficient (Wildman–Crippen LogP) is 4.25. The van der Waals surface area contributed by atoms with Gasteiger partial charge in [0.05, 0.1) is 5.56 Å². The summed E-state index contributed by atoms with van der Waals surface area (Å²) in [6, 6.07) is 19.8. The molecule has 0 aliphatic carbocycles. The lowest BCUT2D eigenvalue weighted by Crippen LogP contribution is -2.13. The van der Waals surface area contributed by atoms with E-state index in [1.807, 2.05) is 0 Å². The first-order valence-corrected chi connectivity index (χ1v) is 7.58. The third-order valence-corrected chi connectivity index (χ3v) is 3.52. The van der Waals surface area contributed by atoms with Gasteiger partial charge in [0.1, 0.15) is 17.2 Å². The number of amides is 1. The number of carbonyl (C=O) groups is 2. The first-order chi connectivity index (χ1) is 12.2. The van der Waals surface area contributed by atoms with Crippen LogP contribution in [-0.4, -0.2) is 17.3 Å². The highest BCUT2D eigenvalue weighted by Crippen LogP contribution is 2.24. The second-order valence-electron chi connectivity index (χ2n) is 5.28. The third-order valence-electron chi connectivity index (χ3n) is 3.52. The maximum atomic E-state index is 12.3. The van der Waals surface area contributed by atoms with Gasteiger partial charge in [-0.3, -0.25) is 9.59 Å². The van der Waals surface area contributed by atoms with E-state index in [2.05, 4.69) is 5.32 Å². The molecule has 25 heavy (non-hydrogen) atoms. The van der Waals surface area contributed by atoms with Gasteiger partial charge in [-0.1, -0.05) is 18.2 Å². The Labute approximate surface area is 144 Å². The van der Waals surface area contributed by atoms with Crippen molar-refractivity contribution in [1.29, 1.82) is 0 Å². The lowest BCUT2D eigenvalue weighted by atomic mass is 10.1. The van der Waals surface area contributed by atoms with Crippen molar-refractivity contribution in [3.8, 4) is 17.2 Å². The number of ether oxygens (including phenoxy) is 1. The van der Waals surface area contributed by atoms with E-state index in [9.17, 15) is 14.7 Å². The quantitative estimate of drug-likeness (QED) is 0.685. The average Bonchev–Trinajstić information content (AvgIpc) is 2.65. The number of aldehydes is 1. The SMILES string of the molecule is O=Cc1ccccc1C(=O)Nc1ccc(Oc2ccc(O)cc2)cc1. The number of anilines is 1. The fourth-order valence-corrected chi connectivity index (χ4v) is 2.26. The van der Waals surface area contributed by atoms with Crippen molar-refractivity contribution in [3.05, 3.63) is 83.9 Å². The van der Waals surface area contributed by atoms with E-state index >= 15 is 0 Å². The minimum Gasteiger partial charge on any atom is -0.508 e. The Hall–Kier alpha value is -3.60. The Morgan fingerprint density at radius 3 is 2.12 bits per heavy atom. The van der Waals surface area contributed by atoms with Crippen LogP contribution in [0.4, 0.5) is 5.69 Å². The van der Waals surface area contributed by atoms with E-state index in [0.717, 1.165) is 0 Å². The third kappa shape index (κ3) is 4.03. The number of aromatic hydroxyl groups is 1. The molecule has 0 bridgehead atoms. The number of hydrogen-bond donors (Lipinski definition) is 2. The van der Waals surface area contributed by atoms with Gasteiger partial charge in [0.15, 0.2) is 6.29 Å². The molecule has 5 heteroatoms. The molecular formula is C20H15NO4. The summed E-state index contributed by atoms with van der Waals surface area (Å²) in [5.74, 6) is 1.00. The monoisotopic (exact) mass is 333 g/mol. The molecule has 0 aliphatic heterocycles. The Morgan fingerprint density at radius 2 is 1.48 bits per heavy atom. The van der Waals surface area contributed by atoms with Crippen molar-refractivity contribution in [2.45, 2.75) is 0 Å². The molecule has 0 radical (unpaired) electrons. The van der Waals surface area contributed by atoms with E-state index in [-0.39, 0.29) is 11.7 Å². The van der Waals surface area contributed by atoms with E-state index < -0.39 is 0 Å². The van der Waals surface area contributed by atoms with Gasteiger partial charge >= 0.3 is 0 Å². The zero-order valence-electron chi connectivity index (χ0n) is 13.2. The number of hydrogen-bond acceptors (Lipinski definition) is 4. The molecule has 0 saturated heterocycles. The average molecular weight is 333 g/mol. The summed E-state index contributed by atoms with van der Waals surface area (Å²) in [5, 5.41) is 12.0. The molecule has 0 atom stereocenters. The zero-order valence-corrected chi connectivity index (χ0v) is 13.2. The molecule has 0 aliphatic rings. The van der Waals surface area contributed by atoms with Crippen LogP contribution in [0.5, 0.6) is 17.2 Å². The topological polar surface area (TPSA) is 75.6 Å². The van der Waals surface area contributed by atoms with Gasteiger partial charge in [0.25, 0.3) is 5.91 Å². The van der Waals surface area contributed by atoms with Crippen molar-refractivity contribution < 1.29 is 19.4 Å². The molecule has 124 valence electrons. The molecular weight excluding hydrogens is 318 g/mol. The number of carbonyl (C=O) groups excluding carboxylic acids is 2. The van der Waals surface area contributed by atoms with Crippen LogP contribution in [0.3, 0.4) is 0 Å².